The van der Waals surface area contributed by atoms with Crippen LogP contribution in [0, 0.1) is 0 Å². The van der Waals surface area contributed by atoms with E-state index in [2.05, 4.69) is 11.9 Å². The second-order valence-electron chi connectivity index (χ2n) is 4.94. The molecule has 0 saturated heterocycles. The molecule has 2 rings (SSSR count). The highest BCUT2D eigenvalue weighted by Crippen LogP contribution is 2.29. The average molecular weight is 336 g/mol. The quantitative estimate of drug-likeness (QED) is 0.762. The lowest BCUT2D eigenvalue weighted by atomic mass is 9.85. The summed E-state index contributed by atoms with van der Waals surface area (Å²) in [5.74, 6) is -0.0924. The Balaban J connectivity index is 0.00000127. The van der Waals surface area contributed by atoms with Crippen molar-refractivity contribution in [2.45, 2.75) is 18.9 Å². The molecule has 0 spiro atoms. The summed E-state index contributed by atoms with van der Waals surface area (Å²) in [4.78, 5) is 13.0. The summed E-state index contributed by atoms with van der Waals surface area (Å²) in [6.45, 7) is 2.62. The molecule has 2 aromatic rings. The van der Waals surface area contributed by atoms with E-state index >= 15 is 0 Å². The number of carbonyl (C=O) groups is 1. The van der Waals surface area contributed by atoms with E-state index in [0.29, 0.717) is 12.2 Å². The fraction of sp³-hybridized carbons (Fsp3) is 0.278. The zero-order chi connectivity index (χ0) is 17.1. The van der Waals surface area contributed by atoms with Gasteiger partial charge in [-0.15, -0.1) is 0 Å². The fourth-order valence-corrected chi connectivity index (χ4v) is 2.36. The van der Waals surface area contributed by atoms with Gasteiger partial charge in [-0.25, -0.2) is 0 Å². The minimum atomic E-state index is -1.11. The van der Waals surface area contributed by atoms with Gasteiger partial charge >= 0.3 is 0 Å². The summed E-state index contributed by atoms with van der Waals surface area (Å²) in [5.41, 5.74) is 6.28. The molecule has 0 radical (unpaired) electrons. The highest BCUT2D eigenvalue weighted by molar-refractivity contribution is 6.05. The first-order valence-electron chi connectivity index (χ1n) is 7.41. The van der Waals surface area contributed by atoms with Crippen LogP contribution in [0.1, 0.15) is 29.3 Å². The Morgan fingerprint density at radius 3 is 2.09 bits per heavy atom. The third-order valence-corrected chi connectivity index (χ3v) is 3.48. The minimum absolute atomic E-state index is 0.0924. The summed E-state index contributed by atoms with van der Waals surface area (Å²) in [6.07, 6.45) is 0.830. The van der Waals surface area contributed by atoms with Crippen LogP contribution in [0.2, 0.25) is 0 Å². The van der Waals surface area contributed by atoms with Crippen LogP contribution >= 0.6 is 11.9 Å². The molecule has 2 aromatic carbocycles. The van der Waals surface area contributed by atoms with Gasteiger partial charge in [-0.3, -0.25) is 9.45 Å². The molecule has 124 valence electrons. The van der Waals surface area contributed by atoms with E-state index in [1.54, 1.807) is 12.1 Å². The van der Waals surface area contributed by atoms with E-state index in [4.69, 9.17) is 15.1 Å². The van der Waals surface area contributed by atoms with Gasteiger partial charge in [0, 0.05) is 18.7 Å². The Hall–Kier alpha value is -1.72. The fourth-order valence-electron chi connectivity index (χ4n) is 2.36. The highest BCUT2D eigenvalue weighted by atomic mass is 35.5. The molecule has 5 heteroatoms. The molecule has 0 fully saturated rings. The van der Waals surface area contributed by atoms with Gasteiger partial charge in [0.05, 0.1) is 11.9 Å². The first-order chi connectivity index (χ1) is 11.2. The van der Waals surface area contributed by atoms with Crippen molar-refractivity contribution in [3.05, 3.63) is 71.8 Å². The summed E-state index contributed by atoms with van der Waals surface area (Å²) < 4.78 is 12.4. The van der Waals surface area contributed by atoms with Gasteiger partial charge in [-0.1, -0.05) is 67.6 Å². The molecule has 0 heterocycles. The molecule has 0 amide bonds. The Kier molecular flexibility index (Phi) is 8.51. The molecule has 0 aromatic heterocycles. The minimum Gasteiger partial charge on any atom is -0.361 e. The van der Waals surface area contributed by atoms with Crippen molar-refractivity contribution < 1.29 is 14.2 Å². The Morgan fingerprint density at radius 2 is 1.61 bits per heavy atom. The molecule has 3 N–H and O–H groups in total. The number of ketones is 1. The number of carbonyl (C=O) groups excluding carboxylic acids is 1. The van der Waals surface area contributed by atoms with E-state index in [0.717, 1.165) is 12.0 Å². The van der Waals surface area contributed by atoms with Gasteiger partial charge in [0.25, 0.3) is 0 Å². The molecule has 1 unspecified atom stereocenters. The van der Waals surface area contributed by atoms with Crippen molar-refractivity contribution in [2.24, 2.45) is 5.73 Å². The Labute approximate surface area is 142 Å². The van der Waals surface area contributed by atoms with Crippen LogP contribution < -0.4 is 5.73 Å². The first-order valence-corrected chi connectivity index (χ1v) is 7.74. The maximum Gasteiger partial charge on any atom is 0.200 e. The molecule has 0 saturated carbocycles. The maximum absolute atomic E-state index is 13.0. The Morgan fingerprint density at radius 1 is 1.09 bits per heavy atom. The normalized spacial score (nSPS) is 12.7. The zero-order valence-corrected chi connectivity index (χ0v) is 13.9. The van der Waals surface area contributed by atoms with Crippen LogP contribution in [0.4, 0.5) is 0 Å². The number of rotatable bonds is 7. The summed E-state index contributed by atoms with van der Waals surface area (Å²) >= 11 is 3.64. The predicted molar refractivity (Wildman–Crippen MR) is 92.3 cm³/mol. The largest absolute Gasteiger partial charge is 0.361 e. The van der Waals surface area contributed by atoms with Crippen LogP contribution in [0.3, 0.4) is 0 Å². The van der Waals surface area contributed by atoms with Crippen molar-refractivity contribution in [1.82, 2.24) is 0 Å². The van der Waals surface area contributed by atoms with Gasteiger partial charge < -0.3 is 10.5 Å². The number of hydrogen-bond acceptors (Lipinski definition) is 4. The topological polar surface area (TPSA) is 72.5 Å². The second kappa shape index (κ2) is 10.1. The van der Waals surface area contributed by atoms with Gasteiger partial charge in [0.15, 0.2) is 5.60 Å². The number of Topliss-reactive ketones (excluding diaryl/α,β-unsaturated/α-hetero) is 1. The second-order valence-corrected chi connectivity index (χ2v) is 4.94. The van der Waals surface area contributed by atoms with Crippen molar-refractivity contribution in [1.29, 1.82) is 0 Å². The summed E-state index contributed by atoms with van der Waals surface area (Å²) in [7, 11) is 0. The SMILES string of the molecule is CCCOC(CN)(C(=O)c1ccccc1)c1ccccc1.OCl. The number of benzene rings is 2. The van der Waals surface area contributed by atoms with Crippen LogP contribution in [-0.2, 0) is 10.3 Å². The van der Waals surface area contributed by atoms with Gasteiger partial charge in [-0.2, -0.15) is 0 Å². The zero-order valence-electron chi connectivity index (χ0n) is 13.1. The molecule has 0 aliphatic rings. The van der Waals surface area contributed by atoms with Crippen molar-refractivity contribution in [3.8, 4) is 0 Å². The predicted octanol–water partition coefficient (Wildman–Crippen LogP) is 3.28. The third-order valence-electron chi connectivity index (χ3n) is 3.48. The number of ether oxygens (including phenoxy) is 1. The van der Waals surface area contributed by atoms with Gasteiger partial charge in [0.2, 0.25) is 5.78 Å². The lowest BCUT2D eigenvalue weighted by Crippen LogP contribution is -2.45. The van der Waals surface area contributed by atoms with E-state index in [9.17, 15) is 4.79 Å². The molecule has 0 bridgehead atoms. The van der Waals surface area contributed by atoms with E-state index in [-0.39, 0.29) is 12.3 Å². The highest BCUT2D eigenvalue weighted by Gasteiger charge is 2.40. The molecule has 4 nitrogen and oxygen atoms in total. The van der Waals surface area contributed by atoms with Crippen molar-refractivity contribution >= 4 is 17.6 Å². The summed E-state index contributed by atoms with van der Waals surface area (Å²) in [5, 5.41) is 0. The lowest BCUT2D eigenvalue weighted by Gasteiger charge is -2.32. The van der Waals surface area contributed by atoms with Crippen LogP contribution in [0.25, 0.3) is 0 Å². The van der Waals surface area contributed by atoms with E-state index in [1.165, 1.54) is 0 Å². The van der Waals surface area contributed by atoms with Crippen molar-refractivity contribution in [3.63, 3.8) is 0 Å². The molecule has 23 heavy (non-hydrogen) atoms. The standard InChI is InChI=1S/C18H21NO2.ClHO/c1-2-13-21-18(14-19,16-11-7-4-8-12-16)17(20)15-9-5-3-6-10-15;1-2/h3-12H,2,13-14,19H2,1H3;2H. The Bertz CT molecular complexity index is 577. The molecular weight excluding hydrogens is 314 g/mol. The molecule has 0 aliphatic heterocycles. The van der Waals surface area contributed by atoms with Crippen LogP contribution in [0.5, 0.6) is 0 Å². The van der Waals surface area contributed by atoms with Crippen molar-refractivity contribution in [2.75, 3.05) is 13.2 Å². The molecular formula is C18H22ClNO3. The summed E-state index contributed by atoms with van der Waals surface area (Å²) in [6, 6.07) is 18.7. The molecule has 0 aliphatic carbocycles. The smallest absolute Gasteiger partial charge is 0.200 e. The monoisotopic (exact) mass is 335 g/mol. The maximum atomic E-state index is 13.0. The van der Waals surface area contributed by atoms with Gasteiger partial charge in [-0.05, 0) is 12.0 Å². The van der Waals surface area contributed by atoms with E-state index in [1.807, 2.05) is 55.5 Å². The van der Waals surface area contributed by atoms with Gasteiger partial charge in [0.1, 0.15) is 0 Å². The number of nitrogens with two attached hydrogens (primary N) is 1. The number of halogens is 1. The lowest BCUT2D eigenvalue weighted by molar-refractivity contribution is -0.0239. The van der Waals surface area contributed by atoms with E-state index < -0.39 is 5.60 Å². The molecule has 1 atom stereocenters. The number of hydrogen-bond donors (Lipinski definition) is 2. The van der Waals surface area contributed by atoms with Crippen LogP contribution in [0.15, 0.2) is 60.7 Å². The average Bonchev–Trinajstić information content (AvgIpc) is 2.66. The first kappa shape index (κ1) is 19.3. The van der Waals surface area contributed by atoms with Crippen LogP contribution in [-0.4, -0.2) is 23.6 Å². The third kappa shape index (κ3) is 4.62.